The molecule has 2 bridgehead atoms. The summed E-state index contributed by atoms with van der Waals surface area (Å²) in [5, 5.41) is 13.1. The summed E-state index contributed by atoms with van der Waals surface area (Å²) in [6.07, 6.45) is 5.65. The van der Waals surface area contributed by atoms with Crippen molar-refractivity contribution in [1.29, 1.82) is 0 Å². The molecule has 6 atom stereocenters. The quantitative estimate of drug-likeness (QED) is 0.0602. The number of nitrogens with one attached hydrogen (secondary N) is 2. The predicted octanol–water partition coefficient (Wildman–Crippen LogP) is 4.57. The number of hydrogen-bond acceptors (Lipinski definition) is 7. The summed E-state index contributed by atoms with van der Waals surface area (Å²) in [7, 11) is -0.551. The highest BCUT2D eigenvalue weighted by atomic mass is 16.7. The smallest absolute Gasteiger partial charge is 0.404 e. The molecule has 4 N–H and O–H groups in total. The van der Waals surface area contributed by atoms with Crippen molar-refractivity contribution in [3.8, 4) is 0 Å². The summed E-state index contributed by atoms with van der Waals surface area (Å²) in [6.45, 7) is 13.3. The highest BCUT2D eigenvalue weighted by Gasteiger charge is 2.68. The third-order valence-corrected chi connectivity index (χ3v) is 10.4. The Bertz CT molecular complexity index is 1240. The number of Topliss-reactive ketones (excluding diaryl/α,β-unsaturated/α-hetero) is 1. The fraction of sp³-hybridized carbons (Fsp3) is 0.727. The van der Waals surface area contributed by atoms with Crippen molar-refractivity contribution in [1.82, 2.24) is 10.7 Å². The van der Waals surface area contributed by atoms with Gasteiger partial charge in [-0.25, -0.2) is 15.1 Å². The van der Waals surface area contributed by atoms with Crippen LogP contribution < -0.4 is 16.5 Å². The Labute approximate surface area is 268 Å². The molecule has 248 valence electrons. The van der Waals surface area contributed by atoms with E-state index in [1.54, 1.807) is 0 Å². The third kappa shape index (κ3) is 8.64. The van der Waals surface area contributed by atoms with Gasteiger partial charge in [-0.05, 0) is 87.5 Å². The Morgan fingerprint density at radius 2 is 1.89 bits per heavy atom. The molecular weight excluding hydrogens is 573 g/mol. The standard InChI is InChI=1S/C33H52BN5O6/c1-21(2)17-29(34-44-28-20-25-19-27(32(25,4)5)33(28,6)45-34)37-30(41)24(10-8-16-36-31(35)38-39(42)43)18-26(40)11-7-9-23-14-12-22(3)13-15-23/h12-15,21,24-25,27-29H,7-11,16-20H2,1-6H3,(H,37,41)(H3,35,36,38)/t24-,25-,27-,28-,29+,33+/m1/s1. The number of rotatable bonds is 16. The normalized spacial score (nSPS) is 26.5. The van der Waals surface area contributed by atoms with Crippen molar-refractivity contribution in [2.45, 2.75) is 117 Å². The van der Waals surface area contributed by atoms with Crippen LogP contribution in [0.25, 0.3) is 0 Å². The van der Waals surface area contributed by atoms with Crippen LogP contribution in [-0.2, 0) is 25.3 Å². The Morgan fingerprint density at radius 1 is 1.18 bits per heavy atom. The number of nitrogens with zero attached hydrogens (tertiary/aromatic N) is 2. The number of hydrogen-bond donors (Lipinski definition) is 3. The van der Waals surface area contributed by atoms with Gasteiger partial charge in [0.15, 0.2) is 5.03 Å². The van der Waals surface area contributed by atoms with Gasteiger partial charge in [0.1, 0.15) is 5.78 Å². The Morgan fingerprint density at radius 3 is 2.53 bits per heavy atom. The molecule has 0 unspecified atom stereocenters. The molecule has 0 radical (unpaired) electrons. The maximum Gasteiger partial charge on any atom is 0.481 e. The minimum absolute atomic E-state index is 0.00726. The number of aryl methyl sites for hydroxylation is 2. The number of nitro groups is 1. The summed E-state index contributed by atoms with van der Waals surface area (Å²) in [5.41, 5.74) is 9.59. The highest BCUT2D eigenvalue weighted by Crippen LogP contribution is 2.65. The lowest BCUT2D eigenvalue weighted by molar-refractivity contribution is -0.525. The summed E-state index contributed by atoms with van der Waals surface area (Å²) in [4.78, 5) is 41.6. The van der Waals surface area contributed by atoms with Crippen LogP contribution in [0.3, 0.4) is 0 Å². The first-order valence-corrected chi connectivity index (χ1v) is 16.6. The number of hydrazine groups is 1. The number of carbonyl (C=O) groups excluding carboxylic acids is 2. The van der Waals surface area contributed by atoms with E-state index in [0.717, 1.165) is 19.3 Å². The van der Waals surface area contributed by atoms with E-state index in [1.165, 1.54) is 11.1 Å². The molecule has 1 aliphatic heterocycles. The zero-order valence-corrected chi connectivity index (χ0v) is 27.8. The first-order chi connectivity index (χ1) is 21.2. The number of guanidine groups is 1. The lowest BCUT2D eigenvalue weighted by Gasteiger charge is -2.64. The lowest BCUT2D eigenvalue weighted by Crippen LogP contribution is -2.65. The summed E-state index contributed by atoms with van der Waals surface area (Å²) in [6, 6.07) is 8.30. The number of carbonyl (C=O) groups is 2. The highest BCUT2D eigenvalue weighted by molar-refractivity contribution is 6.47. The second kappa shape index (κ2) is 14.6. The van der Waals surface area contributed by atoms with Gasteiger partial charge in [0, 0.05) is 25.3 Å². The first-order valence-electron chi connectivity index (χ1n) is 16.6. The number of amides is 1. The van der Waals surface area contributed by atoms with Crippen LogP contribution in [0.2, 0.25) is 0 Å². The topological polar surface area (TPSA) is 158 Å². The summed E-state index contributed by atoms with van der Waals surface area (Å²) >= 11 is 0. The number of benzene rings is 1. The van der Waals surface area contributed by atoms with Crippen molar-refractivity contribution < 1.29 is 23.9 Å². The van der Waals surface area contributed by atoms with E-state index in [4.69, 9.17) is 15.0 Å². The van der Waals surface area contributed by atoms with Gasteiger partial charge < -0.3 is 20.4 Å². The third-order valence-electron chi connectivity index (χ3n) is 10.4. The van der Waals surface area contributed by atoms with E-state index in [0.29, 0.717) is 43.9 Å². The van der Waals surface area contributed by atoms with Gasteiger partial charge in [-0.2, -0.15) is 0 Å². The van der Waals surface area contributed by atoms with Gasteiger partial charge in [-0.3, -0.25) is 9.59 Å². The average Bonchev–Trinajstić information content (AvgIpc) is 3.32. The molecule has 0 spiro atoms. The van der Waals surface area contributed by atoms with Gasteiger partial charge in [0.2, 0.25) is 5.91 Å². The maximum atomic E-state index is 13.9. The largest absolute Gasteiger partial charge is 0.481 e. The van der Waals surface area contributed by atoms with Crippen molar-refractivity contribution in [3.05, 3.63) is 45.5 Å². The van der Waals surface area contributed by atoms with Crippen LogP contribution in [0.4, 0.5) is 0 Å². The molecule has 1 saturated heterocycles. The zero-order chi connectivity index (χ0) is 32.9. The van der Waals surface area contributed by atoms with E-state index in [9.17, 15) is 19.7 Å². The average molecular weight is 626 g/mol. The minimum Gasteiger partial charge on any atom is -0.404 e. The summed E-state index contributed by atoms with van der Waals surface area (Å²) in [5.74, 6) is -0.0563. The van der Waals surface area contributed by atoms with Crippen molar-refractivity contribution in [2.75, 3.05) is 6.54 Å². The second-order valence-electron chi connectivity index (χ2n) is 14.6. The molecular formula is C33H52BN5O6. The van der Waals surface area contributed by atoms with Crippen LogP contribution in [0, 0.1) is 46.1 Å². The van der Waals surface area contributed by atoms with Crippen LogP contribution >= 0.6 is 0 Å². The molecule has 5 rings (SSSR count). The van der Waals surface area contributed by atoms with Gasteiger partial charge in [0.25, 0.3) is 5.96 Å². The maximum absolute atomic E-state index is 13.9. The fourth-order valence-electron chi connectivity index (χ4n) is 7.73. The van der Waals surface area contributed by atoms with Crippen LogP contribution in [0.15, 0.2) is 29.3 Å². The van der Waals surface area contributed by atoms with Gasteiger partial charge in [0.05, 0.1) is 17.6 Å². The molecule has 3 saturated carbocycles. The number of ketones is 1. The Balaban J connectivity index is 1.40. The lowest BCUT2D eigenvalue weighted by atomic mass is 9.43. The molecule has 11 nitrogen and oxygen atoms in total. The molecule has 3 aliphatic carbocycles. The van der Waals surface area contributed by atoms with Gasteiger partial charge >= 0.3 is 7.12 Å². The van der Waals surface area contributed by atoms with Crippen molar-refractivity contribution >= 4 is 24.8 Å². The molecule has 4 aliphatic rings. The van der Waals surface area contributed by atoms with E-state index in [-0.39, 0.29) is 59.6 Å². The van der Waals surface area contributed by atoms with E-state index < -0.39 is 18.1 Å². The molecule has 4 fully saturated rings. The number of aliphatic imine (C=N–C) groups is 1. The van der Waals surface area contributed by atoms with Crippen LogP contribution in [0.5, 0.6) is 0 Å². The van der Waals surface area contributed by atoms with Crippen molar-refractivity contribution in [2.24, 2.45) is 39.8 Å². The second-order valence-corrected chi connectivity index (χ2v) is 14.6. The fourth-order valence-corrected chi connectivity index (χ4v) is 7.73. The Kier molecular flexibility index (Phi) is 11.3. The van der Waals surface area contributed by atoms with Crippen molar-refractivity contribution in [3.63, 3.8) is 0 Å². The van der Waals surface area contributed by atoms with Gasteiger partial charge in [-0.1, -0.05) is 62.9 Å². The molecule has 12 heteroatoms. The molecule has 1 aromatic carbocycles. The van der Waals surface area contributed by atoms with E-state index >= 15 is 0 Å². The van der Waals surface area contributed by atoms with Gasteiger partial charge in [-0.15, -0.1) is 0 Å². The van der Waals surface area contributed by atoms with E-state index in [2.05, 4.69) is 69.2 Å². The van der Waals surface area contributed by atoms with Crippen LogP contribution in [0.1, 0.15) is 97.1 Å². The molecule has 45 heavy (non-hydrogen) atoms. The molecule has 1 heterocycles. The Hall–Kier alpha value is -2.99. The monoisotopic (exact) mass is 625 g/mol. The summed E-state index contributed by atoms with van der Waals surface area (Å²) < 4.78 is 13.3. The predicted molar refractivity (Wildman–Crippen MR) is 175 cm³/mol. The molecule has 1 amide bonds. The molecule has 1 aromatic rings. The van der Waals surface area contributed by atoms with Crippen LogP contribution in [-0.4, -0.2) is 54.0 Å². The van der Waals surface area contributed by atoms with E-state index in [1.807, 2.05) is 12.3 Å². The number of nitrogens with two attached hydrogens (primary N) is 1. The first kappa shape index (κ1) is 34.9. The SMILES string of the molecule is Cc1ccc(CCCC(=O)C[C@@H](CCCN=C(N)N[N+](=O)[O-])C(=O)N[C@@H](CC(C)C)B2O[C@@H]3C[C@H]4C[C@H](C4(C)C)[C@]3(C)O2)cc1. The minimum atomic E-state index is -0.771. The molecule has 0 aromatic heterocycles. The zero-order valence-electron chi connectivity index (χ0n) is 27.8.